The molecule has 0 aromatic rings. The number of hydrogen-bond acceptors (Lipinski definition) is 3. The van der Waals surface area contributed by atoms with E-state index in [0.717, 1.165) is 6.42 Å². The molecule has 0 saturated carbocycles. The van der Waals surface area contributed by atoms with Gasteiger partial charge in [0, 0.05) is 6.04 Å². The van der Waals surface area contributed by atoms with E-state index in [2.05, 4.69) is 29.1 Å². The SMILES string of the molecule is COC(=O)N[C@H](C(=O)N1[C@@H]2C=C[C@@H](C2)[C@H]1C)C(C)C. The van der Waals surface area contributed by atoms with Crippen LogP contribution in [0.5, 0.6) is 0 Å². The number of methoxy groups -OCH3 is 1. The van der Waals surface area contributed by atoms with Gasteiger partial charge in [0.1, 0.15) is 6.04 Å². The van der Waals surface area contributed by atoms with E-state index in [1.807, 2.05) is 18.7 Å². The number of nitrogens with zero attached hydrogens (tertiary/aromatic N) is 1. The number of alkyl carbamates (subject to hydrolysis) is 1. The topological polar surface area (TPSA) is 58.6 Å². The number of carbonyl (C=O) groups excluding carboxylic acids is 2. The number of likely N-dealkylation sites (tertiary alicyclic amines) is 1. The minimum absolute atomic E-state index is 0.00949. The maximum absolute atomic E-state index is 12.7. The summed E-state index contributed by atoms with van der Waals surface area (Å²) >= 11 is 0. The lowest BCUT2D eigenvalue weighted by Gasteiger charge is -2.34. The van der Waals surface area contributed by atoms with Crippen molar-refractivity contribution in [3.63, 3.8) is 0 Å². The highest BCUT2D eigenvalue weighted by atomic mass is 16.5. The molecule has 1 saturated heterocycles. The normalized spacial score (nSPS) is 29.7. The van der Waals surface area contributed by atoms with Crippen LogP contribution in [0.2, 0.25) is 0 Å². The van der Waals surface area contributed by atoms with Gasteiger partial charge < -0.3 is 15.0 Å². The molecule has 0 aromatic heterocycles. The average Bonchev–Trinajstić information content (AvgIpc) is 2.95. The third kappa shape index (κ3) is 2.46. The van der Waals surface area contributed by atoms with Crippen molar-refractivity contribution >= 4 is 12.0 Å². The van der Waals surface area contributed by atoms with Gasteiger partial charge >= 0.3 is 6.09 Å². The lowest BCUT2D eigenvalue weighted by Crippen LogP contribution is -2.54. The van der Waals surface area contributed by atoms with Crippen LogP contribution in [0.1, 0.15) is 27.2 Å². The van der Waals surface area contributed by atoms with E-state index >= 15 is 0 Å². The number of rotatable bonds is 3. The predicted octanol–water partition coefficient (Wildman–Crippen LogP) is 1.54. The highest BCUT2D eigenvalue weighted by Crippen LogP contribution is 2.37. The van der Waals surface area contributed by atoms with Gasteiger partial charge in [-0.2, -0.15) is 0 Å². The molecule has 1 N–H and O–H groups in total. The van der Waals surface area contributed by atoms with Gasteiger partial charge in [0.15, 0.2) is 0 Å². The fraction of sp³-hybridized carbons (Fsp3) is 0.714. The van der Waals surface area contributed by atoms with Gasteiger partial charge in [-0.15, -0.1) is 0 Å². The Kier molecular flexibility index (Phi) is 3.83. The van der Waals surface area contributed by atoms with E-state index in [1.54, 1.807) is 0 Å². The fourth-order valence-electron chi connectivity index (χ4n) is 3.00. The van der Waals surface area contributed by atoms with E-state index in [0.29, 0.717) is 5.92 Å². The third-order valence-electron chi connectivity index (χ3n) is 4.16. The second kappa shape index (κ2) is 5.23. The van der Waals surface area contributed by atoms with Crippen molar-refractivity contribution < 1.29 is 14.3 Å². The molecule has 0 unspecified atom stereocenters. The quantitative estimate of drug-likeness (QED) is 0.788. The summed E-state index contributed by atoms with van der Waals surface area (Å²) in [5, 5.41) is 2.65. The molecule has 1 heterocycles. The monoisotopic (exact) mass is 266 g/mol. The molecule has 4 atom stereocenters. The summed E-state index contributed by atoms with van der Waals surface area (Å²) in [4.78, 5) is 25.9. The predicted molar refractivity (Wildman–Crippen MR) is 71.5 cm³/mol. The first-order valence-electron chi connectivity index (χ1n) is 6.80. The van der Waals surface area contributed by atoms with Gasteiger partial charge in [-0.05, 0) is 25.2 Å². The van der Waals surface area contributed by atoms with Crippen LogP contribution in [0.25, 0.3) is 0 Å². The zero-order valence-corrected chi connectivity index (χ0v) is 11.9. The van der Waals surface area contributed by atoms with Crippen LogP contribution >= 0.6 is 0 Å². The summed E-state index contributed by atoms with van der Waals surface area (Å²) in [5.74, 6) is 0.478. The van der Waals surface area contributed by atoms with Crippen molar-refractivity contribution in [2.24, 2.45) is 11.8 Å². The van der Waals surface area contributed by atoms with Crippen molar-refractivity contribution in [2.75, 3.05) is 7.11 Å². The first kappa shape index (κ1) is 13.9. The van der Waals surface area contributed by atoms with Crippen molar-refractivity contribution in [1.29, 1.82) is 0 Å². The molecule has 1 fully saturated rings. The molecule has 19 heavy (non-hydrogen) atoms. The number of amides is 2. The van der Waals surface area contributed by atoms with Crippen LogP contribution in [0.15, 0.2) is 12.2 Å². The molecular weight excluding hydrogens is 244 g/mol. The van der Waals surface area contributed by atoms with Crippen LogP contribution in [0, 0.1) is 11.8 Å². The summed E-state index contributed by atoms with van der Waals surface area (Å²) in [7, 11) is 1.31. The maximum atomic E-state index is 12.7. The second-order valence-corrected chi connectivity index (χ2v) is 5.70. The second-order valence-electron chi connectivity index (χ2n) is 5.70. The Morgan fingerprint density at radius 2 is 2.05 bits per heavy atom. The van der Waals surface area contributed by atoms with Crippen LogP contribution in [-0.2, 0) is 9.53 Å². The number of ether oxygens (including phenoxy) is 1. The Morgan fingerprint density at radius 1 is 1.37 bits per heavy atom. The zero-order valence-electron chi connectivity index (χ0n) is 11.9. The molecular formula is C14H22N2O3. The van der Waals surface area contributed by atoms with Gasteiger partial charge in [0.25, 0.3) is 0 Å². The van der Waals surface area contributed by atoms with E-state index in [-0.39, 0.29) is 23.9 Å². The summed E-state index contributed by atoms with van der Waals surface area (Å²) in [6.07, 6.45) is 4.74. The molecule has 0 radical (unpaired) electrons. The van der Waals surface area contributed by atoms with Crippen molar-refractivity contribution in [3.05, 3.63) is 12.2 Å². The van der Waals surface area contributed by atoms with Gasteiger partial charge in [-0.1, -0.05) is 26.0 Å². The fourth-order valence-corrected chi connectivity index (χ4v) is 3.00. The van der Waals surface area contributed by atoms with Gasteiger partial charge in [-0.3, -0.25) is 4.79 Å². The Hall–Kier alpha value is -1.52. The standard InChI is InChI=1S/C14H22N2O3/c1-8(2)12(15-14(18)19-4)13(17)16-9(3)10-5-6-11(16)7-10/h5-6,8-12H,7H2,1-4H3,(H,15,18)/t9-,10+,11-,12+/m1/s1. The molecule has 5 nitrogen and oxygen atoms in total. The van der Waals surface area contributed by atoms with E-state index in [4.69, 9.17) is 0 Å². The molecule has 5 heteroatoms. The Morgan fingerprint density at radius 3 is 2.53 bits per heavy atom. The Bertz CT molecular complexity index is 405. The van der Waals surface area contributed by atoms with E-state index in [9.17, 15) is 9.59 Å². The van der Waals surface area contributed by atoms with E-state index < -0.39 is 12.1 Å². The maximum Gasteiger partial charge on any atom is 0.407 e. The van der Waals surface area contributed by atoms with Gasteiger partial charge in [0.2, 0.25) is 5.91 Å². The summed E-state index contributed by atoms with van der Waals surface area (Å²) in [6, 6.07) is -0.126. The summed E-state index contributed by atoms with van der Waals surface area (Å²) in [5.41, 5.74) is 0. The molecule has 106 valence electrons. The minimum Gasteiger partial charge on any atom is -0.453 e. The average molecular weight is 266 g/mol. The van der Waals surface area contributed by atoms with Gasteiger partial charge in [0.05, 0.1) is 13.2 Å². The first-order valence-corrected chi connectivity index (χ1v) is 6.80. The minimum atomic E-state index is -0.556. The van der Waals surface area contributed by atoms with Crippen LogP contribution in [0.3, 0.4) is 0 Å². The highest BCUT2D eigenvalue weighted by molar-refractivity contribution is 5.87. The lowest BCUT2D eigenvalue weighted by atomic mass is 10.00. The van der Waals surface area contributed by atoms with Gasteiger partial charge in [-0.25, -0.2) is 4.79 Å². The zero-order chi connectivity index (χ0) is 14.2. The summed E-state index contributed by atoms with van der Waals surface area (Å²) < 4.78 is 4.60. The molecule has 2 amide bonds. The molecule has 1 aliphatic heterocycles. The molecule has 2 rings (SSSR count). The smallest absolute Gasteiger partial charge is 0.407 e. The Balaban J connectivity index is 2.12. The number of fused-ring (bicyclic) bond motifs is 2. The highest BCUT2D eigenvalue weighted by Gasteiger charge is 2.45. The third-order valence-corrected chi connectivity index (χ3v) is 4.16. The Labute approximate surface area is 114 Å². The number of nitrogens with one attached hydrogen (secondary N) is 1. The lowest BCUT2D eigenvalue weighted by molar-refractivity contribution is -0.136. The largest absolute Gasteiger partial charge is 0.453 e. The molecule has 2 aliphatic rings. The number of hydrogen-bond donors (Lipinski definition) is 1. The van der Waals surface area contributed by atoms with Crippen LogP contribution in [0.4, 0.5) is 4.79 Å². The molecule has 0 aromatic carbocycles. The van der Waals surface area contributed by atoms with E-state index in [1.165, 1.54) is 7.11 Å². The molecule has 1 aliphatic carbocycles. The van der Waals surface area contributed by atoms with Crippen molar-refractivity contribution in [2.45, 2.75) is 45.3 Å². The summed E-state index contributed by atoms with van der Waals surface area (Å²) in [6.45, 7) is 5.92. The van der Waals surface area contributed by atoms with Crippen molar-refractivity contribution in [3.8, 4) is 0 Å². The first-order chi connectivity index (χ1) is 8.95. The van der Waals surface area contributed by atoms with Crippen molar-refractivity contribution in [1.82, 2.24) is 10.2 Å². The molecule has 2 bridgehead atoms. The molecule has 0 spiro atoms. The van der Waals surface area contributed by atoms with Crippen LogP contribution in [-0.4, -0.2) is 42.1 Å². The van der Waals surface area contributed by atoms with Crippen LogP contribution < -0.4 is 5.32 Å². The number of carbonyl (C=O) groups is 2.